The third-order valence-corrected chi connectivity index (χ3v) is 5.40. The molecule has 2 rings (SSSR count). The number of aliphatic imine (C=N–C) groups is 1. The quantitative estimate of drug-likeness (QED) is 0.627. The molecule has 0 saturated carbocycles. The first kappa shape index (κ1) is 15.8. The van der Waals surface area contributed by atoms with Gasteiger partial charge < -0.3 is 11.1 Å². The van der Waals surface area contributed by atoms with Crippen LogP contribution in [0.1, 0.15) is 18.9 Å². The van der Waals surface area contributed by atoms with Crippen molar-refractivity contribution in [3.63, 3.8) is 0 Å². The fourth-order valence-corrected chi connectivity index (χ4v) is 3.80. The Bertz CT molecular complexity index is 613. The molecule has 0 aromatic heterocycles. The van der Waals surface area contributed by atoms with Crippen molar-refractivity contribution in [2.45, 2.75) is 19.8 Å². The molecule has 0 atom stereocenters. The fourth-order valence-electron chi connectivity index (χ4n) is 2.28. The van der Waals surface area contributed by atoms with Gasteiger partial charge in [-0.2, -0.15) is 0 Å². The lowest BCUT2D eigenvalue weighted by molar-refractivity contribution is 0.452. The number of aryl methyl sites for hydroxylation is 1. The molecular formula is C14H22N4O2S. The number of anilines is 1. The number of rotatable bonds is 5. The molecule has 1 heterocycles. The lowest BCUT2D eigenvalue weighted by Crippen LogP contribution is -2.30. The normalized spacial score (nSPS) is 18.8. The van der Waals surface area contributed by atoms with Crippen molar-refractivity contribution in [1.29, 1.82) is 0 Å². The number of nitrogens with two attached hydrogens (primary N) is 1. The summed E-state index contributed by atoms with van der Waals surface area (Å²) in [5.74, 6) is 0.550. The summed E-state index contributed by atoms with van der Waals surface area (Å²) in [6.07, 6.45) is 1.66. The summed E-state index contributed by atoms with van der Waals surface area (Å²) in [7, 11) is -3.05. The topological polar surface area (TPSA) is 87.8 Å². The van der Waals surface area contributed by atoms with Gasteiger partial charge in [-0.15, -0.1) is 0 Å². The summed E-state index contributed by atoms with van der Waals surface area (Å²) in [4.78, 5) is 4.18. The second-order valence-corrected chi connectivity index (χ2v) is 7.10. The van der Waals surface area contributed by atoms with Gasteiger partial charge in [-0.1, -0.05) is 19.1 Å². The number of hydrogen-bond acceptors (Lipinski definition) is 3. The van der Waals surface area contributed by atoms with E-state index < -0.39 is 10.0 Å². The summed E-state index contributed by atoms with van der Waals surface area (Å²) in [6, 6.07) is 7.96. The number of nitrogens with one attached hydrogen (secondary N) is 1. The minimum absolute atomic E-state index is 0.244. The van der Waals surface area contributed by atoms with E-state index in [1.165, 1.54) is 9.87 Å². The molecular weight excluding hydrogens is 288 g/mol. The molecule has 1 aromatic carbocycles. The van der Waals surface area contributed by atoms with Crippen LogP contribution in [0.2, 0.25) is 0 Å². The van der Waals surface area contributed by atoms with Crippen molar-refractivity contribution in [1.82, 2.24) is 4.31 Å². The Kier molecular flexibility index (Phi) is 5.19. The van der Waals surface area contributed by atoms with Crippen LogP contribution in [0.4, 0.5) is 5.69 Å². The number of nitrogens with zero attached hydrogens (tertiary/aromatic N) is 2. The van der Waals surface area contributed by atoms with Crippen LogP contribution in [0.15, 0.2) is 29.3 Å². The first-order valence-electron chi connectivity index (χ1n) is 7.15. The molecule has 1 aromatic rings. The largest absolute Gasteiger partial charge is 0.370 e. The smallest absolute Gasteiger partial charge is 0.214 e. The molecule has 21 heavy (non-hydrogen) atoms. The minimum Gasteiger partial charge on any atom is -0.370 e. The molecule has 0 bridgehead atoms. The van der Waals surface area contributed by atoms with E-state index in [-0.39, 0.29) is 5.75 Å². The average molecular weight is 310 g/mol. The zero-order valence-corrected chi connectivity index (χ0v) is 13.1. The molecule has 6 nitrogen and oxygen atoms in total. The molecule has 1 saturated heterocycles. The lowest BCUT2D eigenvalue weighted by atomic mass is 10.1. The third kappa shape index (κ3) is 4.44. The lowest BCUT2D eigenvalue weighted by Gasteiger charge is -2.12. The first-order chi connectivity index (χ1) is 10.0. The van der Waals surface area contributed by atoms with Gasteiger partial charge in [0.1, 0.15) is 0 Å². The van der Waals surface area contributed by atoms with Gasteiger partial charge in [-0.05, 0) is 30.5 Å². The molecule has 7 heteroatoms. The van der Waals surface area contributed by atoms with Gasteiger partial charge in [0.25, 0.3) is 0 Å². The van der Waals surface area contributed by atoms with E-state index in [9.17, 15) is 8.42 Å². The Hall–Kier alpha value is -1.60. The van der Waals surface area contributed by atoms with Crippen molar-refractivity contribution in [2.75, 3.05) is 30.7 Å². The Balaban J connectivity index is 1.86. The van der Waals surface area contributed by atoms with Gasteiger partial charge >= 0.3 is 0 Å². The van der Waals surface area contributed by atoms with E-state index in [1.807, 2.05) is 18.2 Å². The van der Waals surface area contributed by atoms with Crippen molar-refractivity contribution in [3.05, 3.63) is 29.8 Å². The minimum atomic E-state index is -3.05. The highest BCUT2D eigenvalue weighted by Gasteiger charge is 2.27. The maximum Gasteiger partial charge on any atom is 0.214 e. The molecule has 1 fully saturated rings. The van der Waals surface area contributed by atoms with Crippen LogP contribution in [0.25, 0.3) is 0 Å². The molecule has 0 aliphatic carbocycles. The zero-order valence-electron chi connectivity index (χ0n) is 12.2. The van der Waals surface area contributed by atoms with E-state index in [2.05, 4.69) is 23.3 Å². The second kappa shape index (κ2) is 6.91. The van der Waals surface area contributed by atoms with Crippen molar-refractivity contribution in [3.8, 4) is 0 Å². The van der Waals surface area contributed by atoms with E-state index in [1.54, 1.807) is 0 Å². The fraction of sp³-hybridized carbons (Fsp3) is 0.500. The van der Waals surface area contributed by atoms with Gasteiger partial charge in [0, 0.05) is 18.8 Å². The van der Waals surface area contributed by atoms with Crippen LogP contribution < -0.4 is 11.1 Å². The summed E-state index contributed by atoms with van der Waals surface area (Å²) < 4.78 is 24.7. The van der Waals surface area contributed by atoms with Crippen molar-refractivity contribution < 1.29 is 8.42 Å². The van der Waals surface area contributed by atoms with Gasteiger partial charge in [0.15, 0.2) is 5.96 Å². The van der Waals surface area contributed by atoms with Crippen LogP contribution in [-0.4, -0.2) is 44.1 Å². The highest BCUT2D eigenvalue weighted by atomic mass is 32.2. The first-order valence-corrected chi connectivity index (χ1v) is 8.76. The summed E-state index contributed by atoms with van der Waals surface area (Å²) in [6.45, 7) is 3.43. The Morgan fingerprint density at radius 1 is 1.48 bits per heavy atom. The van der Waals surface area contributed by atoms with Crippen LogP contribution >= 0.6 is 0 Å². The van der Waals surface area contributed by atoms with Gasteiger partial charge in [0.2, 0.25) is 10.0 Å². The third-order valence-electron chi connectivity index (χ3n) is 3.44. The van der Waals surface area contributed by atoms with Crippen LogP contribution in [0.3, 0.4) is 0 Å². The highest BCUT2D eigenvalue weighted by Crippen LogP contribution is 2.12. The number of benzene rings is 1. The van der Waals surface area contributed by atoms with Gasteiger partial charge in [-0.25, -0.2) is 12.7 Å². The number of guanidine groups is 1. The molecule has 0 amide bonds. The van der Waals surface area contributed by atoms with Crippen molar-refractivity contribution >= 4 is 21.7 Å². The molecule has 3 N–H and O–H groups in total. The van der Waals surface area contributed by atoms with Gasteiger partial charge in [-0.3, -0.25) is 4.99 Å². The number of sulfonamides is 1. The molecule has 116 valence electrons. The predicted octanol–water partition coefficient (Wildman–Crippen LogP) is 1.01. The maximum absolute atomic E-state index is 11.6. The highest BCUT2D eigenvalue weighted by molar-refractivity contribution is 7.89. The zero-order chi connectivity index (χ0) is 15.3. The molecule has 0 spiro atoms. The SMILES string of the molecule is CCc1cccc(NC(N)=NCCN2CCCS2(=O)=O)c1. The van der Waals surface area contributed by atoms with Crippen LogP contribution in [0.5, 0.6) is 0 Å². The monoisotopic (exact) mass is 310 g/mol. The van der Waals surface area contributed by atoms with Crippen LogP contribution in [-0.2, 0) is 16.4 Å². The Labute approximate surface area is 126 Å². The summed E-state index contributed by atoms with van der Waals surface area (Å²) >= 11 is 0. The van der Waals surface area contributed by atoms with E-state index in [0.717, 1.165) is 12.1 Å². The Morgan fingerprint density at radius 2 is 2.29 bits per heavy atom. The van der Waals surface area contributed by atoms with Crippen LogP contribution in [0, 0.1) is 0 Å². The Morgan fingerprint density at radius 3 is 2.95 bits per heavy atom. The standard InChI is InChI=1S/C14H22N4O2S/c1-2-12-5-3-6-13(11-12)17-14(15)16-7-9-18-8-4-10-21(18,19)20/h3,5-6,11H,2,4,7-10H2,1H3,(H3,15,16,17). The van der Waals surface area contributed by atoms with Gasteiger partial charge in [0.05, 0.1) is 12.3 Å². The second-order valence-electron chi connectivity index (χ2n) is 5.01. The molecule has 0 unspecified atom stereocenters. The average Bonchev–Trinajstić information content (AvgIpc) is 2.78. The summed E-state index contributed by atoms with van der Waals surface area (Å²) in [5, 5.41) is 3.02. The van der Waals surface area contributed by atoms with E-state index >= 15 is 0 Å². The van der Waals surface area contributed by atoms with Crippen molar-refractivity contribution in [2.24, 2.45) is 10.7 Å². The predicted molar refractivity (Wildman–Crippen MR) is 85.9 cm³/mol. The molecule has 1 aliphatic heterocycles. The maximum atomic E-state index is 11.6. The van der Waals surface area contributed by atoms with E-state index in [0.29, 0.717) is 32.0 Å². The number of hydrogen-bond donors (Lipinski definition) is 2. The molecule has 1 aliphatic rings. The van der Waals surface area contributed by atoms with E-state index in [4.69, 9.17) is 5.73 Å². The molecule has 0 radical (unpaired) electrons. The summed E-state index contributed by atoms with van der Waals surface area (Å²) in [5.41, 5.74) is 7.93.